The van der Waals surface area contributed by atoms with E-state index >= 15 is 0 Å². The van der Waals surface area contributed by atoms with Crippen LogP contribution in [0.25, 0.3) is 22.3 Å². The first-order valence-electron chi connectivity index (χ1n) is 21.8. The molecular formula is C57H41BN4S. The minimum atomic E-state index is -0.394. The Labute approximate surface area is 373 Å². The van der Waals surface area contributed by atoms with E-state index in [4.69, 9.17) is 0 Å². The van der Waals surface area contributed by atoms with Crippen molar-refractivity contribution in [2.75, 3.05) is 19.6 Å². The molecule has 13 rings (SSSR count). The zero-order chi connectivity index (χ0) is 41.8. The highest BCUT2D eigenvalue weighted by atomic mass is 32.2. The Hall–Kier alpha value is -7.41. The minimum Gasteiger partial charge on any atom is -0.317 e. The van der Waals surface area contributed by atoms with Gasteiger partial charge in [-0.1, -0.05) is 157 Å². The van der Waals surface area contributed by atoms with Crippen molar-refractivity contribution in [1.82, 2.24) is 0 Å². The fourth-order valence-corrected chi connectivity index (χ4v) is 12.1. The molecule has 298 valence electrons. The SMILES string of the molecule is CC1(C)N(c2ccccc2)c2cccc3c2N1c1cccc2c1B3c1ccc3cc1N2c1c(cccc1-c1ccccc1)Sc1cccc(-c2ccccc2)c1N3c1ccccc1. The molecule has 0 amide bonds. The van der Waals surface area contributed by atoms with Crippen molar-refractivity contribution < 1.29 is 0 Å². The molecule has 4 aliphatic heterocycles. The maximum Gasteiger partial charge on any atom is 0.252 e. The molecule has 0 radical (unpaired) electrons. The number of nitrogens with zero attached hydrogens (tertiary/aromatic N) is 4. The number of hydrogen-bond acceptors (Lipinski definition) is 5. The first-order chi connectivity index (χ1) is 31.1. The van der Waals surface area contributed by atoms with Gasteiger partial charge in [-0.05, 0) is 108 Å². The van der Waals surface area contributed by atoms with Gasteiger partial charge in [-0.15, -0.1) is 0 Å². The van der Waals surface area contributed by atoms with Crippen LogP contribution in [-0.2, 0) is 0 Å². The van der Waals surface area contributed by atoms with Gasteiger partial charge in [-0.2, -0.15) is 0 Å². The van der Waals surface area contributed by atoms with E-state index in [-0.39, 0.29) is 6.71 Å². The minimum absolute atomic E-state index is 0.00879. The Bertz CT molecular complexity index is 3270. The normalized spacial score (nSPS) is 14.7. The summed E-state index contributed by atoms with van der Waals surface area (Å²) >= 11 is 1.86. The molecule has 0 atom stereocenters. The monoisotopic (exact) mass is 824 g/mol. The molecule has 0 spiro atoms. The highest BCUT2D eigenvalue weighted by Gasteiger charge is 2.53. The van der Waals surface area contributed by atoms with Crippen molar-refractivity contribution in [3.05, 3.63) is 212 Å². The predicted molar refractivity (Wildman–Crippen MR) is 267 cm³/mol. The third kappa shape index (κ3) is 5.25. The molecule has 0 aliphatic carbocycles. The Morgan fingerprint density at radius 1 is 0.381 bits per heavy atom. The smallest absolute Gasteiger partial charge is 0.252 e. The van der Waals surface area contributed by atoms with Crippen LogP contribution in [0, 0.1) is 0 Å². The number of anilines is 10. The first-order valence-corrected chi connectivity index (χ1v) is 22.6. The number of fused-ring (bicyclic) bond motifs is 8. The molecule has 63 heavy (non-hydrogen) atoms. The molecule has 0 saturated carbocycles. The second-order valence-electron chi connectivity index (χ2n) is 17.2. The van der Waals surface area contributed by atoms with Crippen molar-refractivity contribution >= 4 is 91.7 Å². The summed E-state index contributed by atoms with van der Waals surface area (Å²) in [6.07, 6.45) is 0. The second-order valence-corrected chi connectivity index (χ2v) is 18.3. The fourth-order valence-electron chi connectivity index (χ4n) is 11.0. The molecule has 6 heteroatoms. The van der Waals surface area contributed by atoms with Crippen molar-refractivity contribution in [3.8, 4) is 22.3 Å². The molecule has 0 saturated heterocycles. The van der Waals surface area contributed by atoms with Crippen LogP contribution in [0.4, 0.5) is 56.9 Å². The molecule has 4 aliphatic rings. The number of benzene rings is 9. The second kappa shape index (κ2) is 13.8. The quantitative estimate of drug-likeness (QED) is 0.164. The van der Waals surface area contributed by atoms with Crippen LogP contribution in [0.5, 0.6) is 0 Å². The van der Waals surface area contributed by atoms with Gasteiger partial charge < -0.3 is 19.6 Å². The third-order valence-corrected chi connectivity index (χ3v) is 14.5. The van der Waals surface area contributed by atoms with Crippen molar-refractivity contribution in [1.29, 1.82) is 0 Å². The number of para-hydroxylation sites is 5. The molecule has 4 nitrogen and oxygen atoms in total. The highest BCUT2D eigenvalue weighted by molar-refractivity contribution is 7.99. The van der Waals surface area contributed by atoms with E-state index in [0.29, 0.717) is 0 Å². The van der Waals surface area contributed by atoms with Crippen molar-refractivity contribution in [2.24, 2.45) is 0 Å². The van der Waals surface area contributed by atoms with Crippen LogP contribution < -0.4 is 36.0 Å². The Balaban J connectivity index is 1.15. The lowest BCUT2D eigenvalue weighted by Gasteiger charge is -2.47. The molecule has 2 bridgehead atoms. The lowest BCUT2D eigenvalue weighted by Crippen LogP contribution is -2.63. The van der Waals surface area contributed by atoms with Gasteiger partial charge in [0.15, 0.2) is 0 Å². The van der Waals surface area contributed by atoms with Gasteiger partial charge in [0.25, 0.3) is 6.71 Å². The standard InChI is InChI=1S/C57H41BN4S/c1-57(2)61(41-25-13-6-14-26-41)49-32-17-29-46-56(49)62(57)48-31-18-30-47-53(48)58(46)45-36-35-42-37-50(45)60(47)55-44(39-21-9-4-10-22-39)28-16-34-52(55)63-51-33-15-27-43(38-19-7-3-8-20-38)54(51)59(42)40-23-11-5-12-24-40/h3-37H,1-2H3. The topological polar surface area (TPSA) is 13.0 Å². The molecule has 4 heterocycles. The van der Waals surface area contributed by atoms with Crippen LogP contribution >= 0.6 is 11.8 Å². The molecule has 0 N–H and O–H groups in total. The van der Waals surface area contributed by atoms with E-state index in [0.717, 1.165) is 11.4 Å². The molecule has 9 aromatic carbocycles. The number of rotatable bonds is 4. The van der Waals surface area contributed by atoms with Gasteiger partial charge in [-0.3, -0.25) is 0 Å². The van der Waals surface area contributed by atoms with Crippen molar-refractivity contribution in [2.45, 2.75) is 29.3 Å². The first kappa shape index (κ1) is 36.3. The van der Waals surface area contributed by atoms with Gasteiger partial charge in [-0.25, -0.2) is 0 Å². The summed E-state index contributed by atoms with van der Waals surface area (Å²) in [5.74, 6) is 0. The summed E-state index contributed by atoms with van der Waals surface area (Å²) < 4.78 is 0. The molecular weight excluding hydrogens is 784 g/mol. The van der Waals surface area contributed by atoms with E-state index in [1.165, 1.54) is 93.9 Å². The largest absolute Gasteiger partial charge is 0.317 e. The molecule has 9 aromatic rings. The van der Waals surface area contributed by atoms with Crippen LogP contribution in [0.15, 0.2) is 222 Å². The average molecular weight is 825 g/mol. The summed E-state index contributed by atoms with van der Waals surface area (Å²) in [5.41, 5.74) is 20.3. The van der Waals surface area contributed by atoms with Crippen LogP contribution in [0.2, 0.25) is 0 Å². The average Bonchev–Trinajstić information content (AvgIpc) is 3.58. The summed E-state index contributed by atoms with van der Waals surface area (Å²) in [6.45, 7) is 4.75. The Morgan fingerprint density at radius 3 is 1.57 bits per heavy atom. The Morgan fingerprint density at radius 2 is 0.921 bits per heavy atom. The fraction of sp³-hybridized carbons (Fsp3) is 0.0526. The van der Waals surface area contributed by atoms with Gasteiger partial charge in [0, 0.05) is 55.0 Å². The number of hydrogen-bond donors (Lipinski definition) is 0. The van der Waals surface area contributed by atoms with E-state index < -0.39 is 5.66 Å². The molecule has 0 fully saturated rings. The van der Waals surface area contributed by atoms with Gasteiger partial charge in [0.05, 0.1) is 22.7 Å². The third-order valence-electron chi connectivity index (χ3n) is 13.4. The van der Waals surface area contributed by atoms with Crippen molar-refractivity contribution in [3.63, 3.8) is 0 Å². The zero-order valence-corrected chi connectivity index (χ0v) is 35.8. The summed E-state index contributed by atoms with van der Waals surface area (Å²) in [5, 5.41) is 0. The summed E-state index contributed by atoms with van der Waals surface area (Å²) in [4.78, 5) is 12.6. The van der Waals surface area contributed by atoms with E-state index in [1.54, 1.807) is 0 Å². The van der Waals surface area contributed by atoms with E-state index in [9.17, 15) is 0 Å². The van der Waals surface area contributed by atoms with Crippen LogP contribution in [-0.4, -0.2) is 12.4 Å². The van der Waals surface area contributed by atoms with E-state index in [1.807, 2.05) is 11.8 Å². The maximum atomic E-state index is 2.62. The predicted octanol–water partition coefficient (Wildman–Crippen LogP) is 13.6. The van der Waals surface area contributed by atoms with Gasteiger partial charge >= 0.3 is 0 Å². The maximum absolute atomic E-state index is 2.62. The summed E-state index contributed by atoms with van der Waals surface area (Å²) in [6, 6.07) is 78.5. The molecule has 0 aromatic heterocycles. The van der Waals surface area contributed by atoms with Crippen LogP contribution in [0.1, 0.15) is 13.8 Å². The zero-order valence-electron chi connectivity index (χ0n) is 35.0. The van der Waals surface area contributed by atoms with Gasteiger partial charge in [0.2, 0.25) is 0 Å². The van der Waals surface area contributed by atoms with E-state index in [2.05, 4.69) is 246 Å². The highest BCUT2D eigenvalue weighted by Crippen LogP contribution is 2.58. The lowest BCUT2D eigenvalue weighted by atomic mass is 9.33. The van der Waals surface area contributed by atoms with Crippen LogP contribution in [0.3, 0.4) is 0 Å². The summed E-state index contributed by atoms with van der Waals surface area (Å²) in [7, 11) is 0. The van der Waals surface area contributed by atoms with Gasteiger partial charge in [0.1, 0.15) is 5.66 Å². The molecule has 0 unspecified atom stereocenters. The lowest BCUT2D eigenvalue weighted by molar-refractivity contribution is 0.541. The Kier molecular flexibility index (Phi) is 7.95.